The van der Waals surface area contributed by atoms with Crippen molar-refractivity contribution in [1.82, 2.24) is 4.72 Å². The van der Waals surface area contributed by atoms with Crippen molar-refractivity contribution >= 4 is 27.0 Å². The Morgan fingerprint density at radius 3 is 2.52 bits per heavy atom. The summed E-state index contributed by atoms with van der Waals surface area (Å²) in [5.74, 6) is -0.343. The molecule has 1 aliphatic carbocycles. The molecule has 0 unspecified atom stereocenters. The molecule has 162 valence electrons. The van der Waals surface area contributed by atoms with Gasteiger partial charge in [0.15, 0.2) is 0 Å². The maximum absolute atomic E-state index is 12.3. The number of hydrogen-bond donors (Lipinski definition) is 1. The number of rotatable bonds is 6. The van der Waals surface area contributed by atoms with Crippen LogP contribution in [0.5, 0.6) is 5.75 Å². The monoisotopic (exact) mass is 441 g/mol. The maximum Gasteiger partial charge on any atom is 0.339 e. The minimum atomic E-state index is -3.70. The Labute approximate surface area is 180 Å². The predicted octanol–water partition coefficient (Wildman–Crippen LogP) is 3.25. The molecule has 0 radical (unpaired) electrons. The summed E-state index contributed by atoms with van der Waals surface area (Å²) in [4.78, 5) is 24.5. The molecule has 0 atom stereocenters. The molecule has 0 bridgehead atoms. The molecule has 1 heterocycles. The molecule has 7 nitrogen and oxygen atoms in total. The normalized spacial score (nSPS) is 13.7. The molecule has 0 spiro atoms. The first-order chi connectivity index (χ1) is 14.8. The zero-order chi connectivity index (χ0) is 22.0. The Morgan fingerprint density at radius 2 is 1.77 bits per heavy atom. The second kappa shape index (κ2) is 8.64. The van der Waals surface area contributed by atoms with Crippen molar-refractivity contribution in [2.75, 3.05) is 6.54 Å². The van der Waals surface area contributed by atoms with E-state index in [4.69, 9.17) is 9.15 Å². The van der Waals surface area contributed by atoms with E-state index < -0.39 is 16.0 Å². The third-order valence-corrected chi connectivity index (χ3v) is 6.86. The Morgan fingerprint density at radius 1 is 1.06 bits per heavy atom. The fourth-order valence-electron chi connectivity index (χ4n) is 3.76. The van der Waals surface area contributed by atoms with Crippen LogP contribution >= 0.6 is 0 Å². The lowest BCUT2D eigenvalue weighted by Crippen LogP contribution is -2.27. The van der Waals surface area contributed by atoms with E-state index in [0.29, 0.717) is 5.58 Å². The molecule has 0 saturated heterocycles. The van der Waals surface area contributed by atoms with Crippen LogP contribution in [0.2, 0.25) is 0 Å². The third-order valence-electron chi connectivity index (χ3n) is 5.38. The Kier molecular flexibility index (Phi) is 5.93. The second-order valence-electron chi connectivity index (χ2n) is 7.65. The molecule has 8 heteroatoms. The van der Waals surface area contributed by atoms with Crippen LogP contribution in [-0.4, -0.2) is 20.9 Å². The lowest BCUT2D eigenvalue weighted by Gasteiger charge is -2.16. The standard InChI is InChI=1S/C23H23NO6S/c1-15-6-9-17(10-7-15)31(27,28)24-13-12-22(25)29-16-8-11-19-18-4-2-3-5-20(18)23(26)30-21(19)14-16/h6-11,14,24H,2-5,12-13H2,1H3. The maximum atomic E-state index is 12.3. The summed E-state index contributed by atoms with van der Waals surface area (Å²) >= 11 is 0. The zero-order valence-corrected chi connectivity index (χ0v) is 18.0. The summed E-state index contributed by atoms with van der Waals surface area (Å²) in [5, 5.41) is 0.861. The van der Waals surface area contributed by atoms with Gasteiger partial charge in [0.2, 0.25) is 10.0 Å². The Hall–Kier alpha value is -2.97. The summed E-state index contributed by atoms with van der Waals surface area (Å²) in [6.45, 7) is 1.78. The van der Waals surface area contributed by atoms with Crippen LogP contribution in [0, 0.1) is 6.92 Å². The highest BCUT2D eigenvalue weighted by Gasteiger charge is 2.19. The number of carbonyl (C=O) groups excluding carboxylic acids is 1. The lowest BCUT2D eigenvalue weighted by molar-refractivity contribution is -0.134. The first-order valence-corrected chi connectivity index (χ1v) is 11.7. The van der Waals surface area contributed by atoms with Crippen molar-refractivity contribution in [2.24, 2.45) is 0 Å². The molecular formula is C23H23NO6S. The highest BCUT2D eigenvalue weighted by Crippen LogP contribution is 2.29. The summed E-state index contributed by atoms with van der Waals surface area (Å²) < 4.78 is 37.7. The van der Waals surface area contributed by atoms with Crippen LogP contribution < -0.4 is 15.1 Å². The number of esters is 1. The number of sulfonamides is 1. The first kappa shape index (κ1) is 21.3. The van der Waals surface area contributed by atoms with Crippen LogP contribution in [0.4, 0.5) is 0 Å². The number of nitrogens with one attached hydrogen (secondary N) is 1. The van der Waals surface area contributed by atoms with E-state index in [1.165, 1.54) is 18.2 Å². The van der Waals surface area contributed by atoms with E-state index in [1.807, 2.05) is 6.92 Å². The summed E-state index contributed by atoms with van der Waals surface area (Å²) in [5.41, 5.74) is 2.76. The Bertz CT molecular complexity index is 1290. The van der Waals surface area contributed by atoms with Crippen molar-refractivity contribution in [3.05, 3.63) is 69.6 Å². The fourth-order valence-corrected chi connectivity index (χ4v) is 4.79. The van der Waals surface area contributed by atoms with Crippen LogP contribution in [0.25, 0.3) is 11.0 Å². The minimum Gasteiger partial charge on any atom is -0.426 e. The van der Waals surface area contributed by atoms with Crippen molar-refractivity contribution in [2.45, 2.75) is 43.9 Å². The van der Waals surface area contributed by atoms with Crippen LogP contribution in [0.1, 0.15) is 36.0 Å². The predicted molar refractivity (Wildman–Crippen MR) is 116 cm³/mol. The van der Waals surface area contributed by atoms with E-state index in [9.17, 15) is 18.0 Å². The number of carbonyl (C=O) groups is 1. The van der Waals surface area contributed by atoms with Gasteiger partial charge in [0.05, 0.1) is 11.3 Å². The van der Waals surface area contributed by atoms with Crippen molar-refractivity contribution in [1.29, 1.82) is 0 Å². The van der Waals surface area contributed by atoms with Crippen LogP contribution in [0.15, 0.2) is 56.6 Å². The number of aryl methyl sites for hydroxylation is 2. The summed E-state index contributed by atoms with van der Waals surface area (Å²) in [6.07, 6.45) is 3.42. The number of ether oxygens (including phenoxy) is 1. The van der Waals surface area contributed by atoms with Gasteiger partial charge in [-0.1, -0.05) is 17.7 Å². The zero-order valence-electron chi connectivity index (χ0n) is 17.1. The van der Waals surface area contributed by atoms with Crippen LogP contribution in [-0.2, 0) is 27.7 Å². The molecule has 0 fully saturated rings. The van der Waals surface area contributed by atoms with Crippen molar-refractivity contribution < 1.29 is 22.4 Å². The average molecular weight is 442 g/mol. The largest absolute Gasteiger partial charge is 0.426 e. The van der Waals surface area contributed by atoms with Gasteiger partial charge < -0.3 is 9.15 Å². The fraction of sp³-hybridized carbons (Fsp3) is 0.304. The second-order valence-corrected chi connectivity index (χ2v) is 9.41. The van der Waals surface area contributed by atoms with E-state index >= 15 is 0 Å². The lowest BCUT2D eigenvalue weighted by atomic mass is 9.91. The SMILES string of the molecule is Cc1ccc(S(=O)(=O)NCCC(=O)Oc2ccc3c4c(c(=O)oc3c2)CCCC4)cc1. The van der Waals surface area contributed by atoms with Gasteiger partial charge in [0, 0.05) is 23.6 Å². The molecule has 31 heavy (non-hydrogen) atoms. The highest BCUT2D eigenvalue weighted by molar-refractivity contribution is 7.89. The first-order valence-electron chi connectivity index (χ1n) is 10.2. The molecule has 0 saturated carbocycles. The van der Waals surface area contributed by atoms with E-state index in [2.05, 4.69) is 4.72 Å². The van der Waals surface area contributed by atoms with Gasteiger partial charge in [-0.05, 0) is 62.4 Å². The quantitative estimate of drug-likeness (QED) is 0.358. The number of benzene rings is 2. The Balaban J connectivity index is 1.40. The molecule has 4 rings (SSSR count). The molecule has 3 aromatic rings. The topological polar surface area (TPSA) is 103 Å². The van der Waals surface area contributed by atoms with Gasteiger partial charge in [0.1, 0.15) is 11.3 Å². The summed E-state index contributed by atoms with van der Waals surface area (Å²) in [6, 6.07) is 11.4. The van der Waals surface area contributed by atoms with Gasteiger partial charge in [-0.2, -0.15) is 0 Å². The van der Waals surface area contributed by atoms with Crippen molar-refractivity contribution in [3.8, 4) is 5.75 Å². The molecule has 1 N–H and O–H groups in total. The van der Waals surface area contributed by atoms with Gasteiger partial charge >= 0.3 is 11.6 Å². The summed E-state index contributed by atoms with van der Waals surface area (Å²) in [7, 11) is -3.70. The van der Waals surface area contributed by atoms with Gasteiger partial charge in [-0.3, -0.25) is 4.79 Å². The van der Waals surface area contributed by atoms with Crippen molar-refractivity contribution in [3.63, 3.8) is 0 Å². The van der Waals surface area contributed by atoms with E-state index in [0.717, 1.165) is 47.8 Å². The van der Waals surface area contributed by atoms with Crippen LogP contribution in [0.3, 0.4) is 0 Å². The van der Waals surface area contributed by atoms with E-state index in [-0.39, 0.29) is 29.2 Å². The highest BCUT2D eigenvalue weighted by atomic mass is 32.2. The van der Waals surface area contributed by atoms with E-state index in [1.54, 1.807) is 24.3 Å². The minimum absolute atomic E-state index is 0.0920. The molecule has 0 amide bonds. The average Bonchev–Trinajstić information content (AvgIpc) is 2.74. The third kappa shape index (κ3) is 4.70. The number of hydrogen-bond acceptors (Lipinski definition) is 6. The van der Waals surface area contributed by atoms with Gasteiger partial charge in [-0.25, -0.2) is 17.9 Å². The van der Waals surface area contributed by atoms with Gasteiger partial charge in [0.25, 0.3) is 0 Å². The molecule has 0 aliphatic heterocycles. The molecular weight excluding hydrogens is 418 g/mol. The molecule has 2 aromatic carbocycles. The molecule has 1 aliphatic rings. The molecule has 1 aromatic heterocycles. The number of fused-ring (bicyclic) bond motifs is 3. The van der Waals surface area contributed by atoms with Gasteiger partial charge in [-0.15, -0.1) is 0 Å². The smallest absolute Gasteiger partial charge is 0.339 e.